The zero-order valence-electron chi connectivity index (χ0n) is 10.8. The predicted octanol–water partition coefficient (Wildman–Crippen LogP) is 0.167. The Hall–Kier alpha value is -3.16. The zero-order chi connectivity index (χ0) is 15.6. The van der Waals surface area contributed by atoms with Crippen LogP contribution in [0.1, 0.15) is 17.4 Å². The van der Waals surface area contributed by atoms with E-state index in [1.165, 1.54) is 13.0 Å². The molecule has 21 heavy (non-hydrogen) atoms. The van der Waals surface area contributed by atoms with Gasteiger partial charge in [0.15, 0.2) is 0 Å². The van der Waals surface area contributed by atoms with Crippen LogP contribution in [-0.2, 0) is 4.79 Å². The lowest BCUT2D eigenvalue weighted by Gasteiger charge is -2.10. The maximum Gasteiger partial charge on any atom is 0.354 e. The van der Waals surface area contributed by atoms with Crippen molar-refractivity contribution in [3.05, 3.63) is 40.3 Å². The monoisotopic (exact) mass is 288 g/mol. The number of carboxylic acid groups (broad SMARTS) is 1. The number of carbonyl (C=O) groups excluding carboxylic acids is 1. The molecule has 8 nitrogen and oxygen atoms in total. The van der Waals surface area contributed by atoms with Crippen LogP contribution < -0.4 is 16.0 Å². The number of nitrogens with zero attached hydrogens (tertiary/aromatic N) is 1. The zero-order valence-corrected chi connectivity index (χ0v) is 10.8. The van der Waals surface area contributed by atoms with E-state index in [-0.39, 0.29) is 11.7 Å². The fourth-order valence-corrected chi connectivity index (χ4v) is 1.69. The smallest absolute Gasteiger partial charge is 0.354 e. The molecule has 2 rings (SSSR count). The van der Waals surface area contributed by atoms with Gasteiger partial charge in [0.2, 0.25) is 11.5 Å². The van der Waals surface area contributed by atoms with Gasteiger partial charge in [-0.05, 0) is 17.9 Å². The molecule has 0 saturated carbocycles. The predicted molar refractivity (Wildman–Crippen MR) is 71.0 cm³/mol. The lowest BCUT2D eigenvalue weighted by molar-refractivity contribution is -0.271. The minimum absolute atomic E-state index is 0.0656. The van der Waals surface area contributed by atoms with Crippen LogP contribution in [0.25, 0.3) is 11.4 Å². The van der Waals surface area contributed by atoms with Gasteiger partial charge in [-0.3, -0.25) is 9.59 Å². The van der Waals surface area contributed by atoms with Crippen LogP contribution in [0.5, 0.6) is 5.75 Å². The Kier molecular flexibility index (Phi) is 3.70. The van der Waals surface area contributed by atoms with Gasteiger partial charge in [-0.15, -0.1) is 0 Å². The molecule has 108 valence electrons. The third kappa shape index (κ3) is 3.06. The molecule has 2 aromatic rings. The van der Waals surface area contributed by atoms with E-state index < -0.39 is 23.0 Å². The van der Waals surface area contributed by atoms with Crippen LogP contribution in [0.3, 0.4) is 0 Å². The van der Waals surface area contributed by atoms with Crippen molar-refractivity contribution in [2.45, 2.75) is 6.92 Å². The number of amides is 1. The Morgan fingerprint density at radius 1 is 1.38 bits per heavy atom. The lowest BCUT2D eigenvalue weighted by Crippen LogP contribution is -2.21. The van der Waals surface area contributed by atoms with Gasteiger partial charge in [-0.1, -0.05) is 12.1 Å². The van der Waals surface area contributed by atoms with Crippen LogP contribution in [0, 0.1) is 0 Å². The van der Waals surface area contributed by atoms with Crippen molar-refractivity contribution in [3.63, 3.8) is 0 Å². The number of hydrogen-bond donors (Lipinski definition) is 3. The minimum atomic E-state index is -1.58. The molecule has 0 bridgehead atoms. The highest BCUT2D eigenvalue weighted by Gasteiger charge is 2.12. The van der Waals surface area contributed by atoms with E-state index in [4.69, 9.17) is 5.11 Å². The number of nitrogens with one attached hydrogen (secondary N) is 2. The van der Waals surface area contributed by atoms with Crippen LogP contribution in [0.15, 0.2) is 29.1 Å². The first-order valence-electron chi connectivity index (χ1n) is 5.81. The molecule has 0 aliphatic heterocycles. The van der Waals surface area contributed by atoms with E-state index in [0.717, 1.165) is 0 Å². The Balaban J connectivity index is 2.54. The second-order valence-electron chi connectivity index (χ2n) is 4.16. The van der Waals surface area contributed by atoms with E-state index in [2.05, 4.69) is 15.3 Å². The maximum atomic E-state index is 11.5. The highest BCUT2D eigenvalue weighted by atomic mass is 16.4. The van der Waals surface area contributed by atoms with E-state index >= 15 is 0 Å². The molecule has 0 radical (unpaired) electrons. The van der Waals surface area contributed by atoms with Crippen molar-refractivity contribution >= 4 is 17.6 Å². The van der Waals surface area contributed by atoms with Gasteiger partial charge in [-0.2, -0.15) is 0 Å². The SMILES string of the molecule is CC(=O)Nc1cccc(-c2nc(C(=O)O)c([O-])c(=O)[nH]2)c1. The molecule has 0 saturated heterocycles. The Morgan fingerprint density at radius 2 is 2.10 bits per heavy atom. The fourth-order valence-electron chi connectivity index (χ4n) is 1.69. The molecular weight excluding hydrogens is 278 g/mol. The van der Waals surface area contributed by atoms with Gasteiger partial charge in [0.1, 0.15) is 11.5 Å². The number of carboxylic acids is 1. The molecule has 1 heterocycles. The Bertz CT molecular complexity index is 782. The lowest BCUT2D eigenvalue weighted by atomic mass is 10.2. The molecule has 1 amide bonds. The van der Waals surface area contributed by atoms with E-state index in [1.54, 1.807) is 18.2 Å². The van der Waals surface area contributed by atoms with Crippen molar-refractivity contribution < 1.29 is 19.8 Å². The second kappa shape index (κ2) is 5.45. The van der Waals surface area contributed by atoms with Gasteiger partial charge in [0, 0.05) is 18.2 Å². The third-order valence-corrected chi connectivity index (χ3v) is 2.54. The van der Waals surface area contributed by atoms with Crippen molar-refractivity contribution in [3.8, 4) is 17.1 Å². The summed E-state index contributed by atoms with van der Waals surface area (Å²) in [6.45, 7) is 1.33. The van der Waals surface area contributed by atoms with Crippen molar-refractivity contribution in [2.24, 2.45) is 0 Å². The number of hydrogen-bond acceptors (Lipinski definition) is 5. The molecule has 0 spiro atoms. The van der Waals surface area contributed by atoms with Crippen LogP contribution in [-0.4, -0.2) is 27.0 Å². The highest BCUT2D eigenvalue weighted by Crippen LogP contribution is 2.20. The summed E-state index contributed by atoms with van der Waals surface area (Å²) >= 11 is 0. The average Bonchev–Trinajstić information content (AvgIpc) is 2.41. The molecule has 0 aliphatic rings. The van der Waals surface area contributed by atoms with Gasteiger partial charge in [0.25, 0.3) is 0 Å². The first-order valence-corrected chi connectivity index (χ1v) is 5.81. The van der Waals surface area contributed by atoms with Gasteiger partial charge >= 0.3 is 5.97 Å². The highest BCUT2D eigenvalue weighted by molar-refractivity contribution is 5.90. The largest absolute Gasteiger partial charge is 0.867 e. The number of rotatable bonds is 3. The molecule has 0 unspecified atom stereocenters. The van der Waals surface area contributed by atoms with Gasteiger partial charge in [0.05, 0.1) is 0 Å². The summed E-state index contributed by atoms with van der Waals surface area (Å²) in [4.78, 5) is 39.2. The van der Waals surface area contributed by atoms with Crippen molar-refractivity contribution in [1.29, 1.82) is 0 Å². The Morgan fingerprint density at radius 3 is 2.71 bits per heavy atom. The molecule has 3 N–H and O–H groups in total. The van der Waals surface area contributed by atoms with Crippen LogP contribution in [0.4, 0.5) is 5.69 Å². The number of anilines is 1. The summed E-state index contributed by atoms with van der Waals surface area (Å²) < 4.78 is 0. The number of carbonyl (C=O) groups is 2. The Labute approximate surface area is 118 Å². The van der Waals surface area contributed by atoms with E-state index in [0.29, 0.717) is 11.3 Å². The van der Waals surface area contributed by atoms with Gasteiger partial charge < -0.3 is 20.5 Å². The minimum Gasteiger partial charge on any atom is -0.867 e. The quantitative estimate of drug-likeness (QED) is 0.736. The van der Waals surface area contributed by atoms with E-state index in [9.17, 15) is 19.5 Å². The second-order valence-corrected chi connectivity index (χ2v) is 4.16. The number of aromatic nitrogens is 2. The summed E-state index contributed by atoms with van der Waals surface area (Å²) in [5.41, 5.74) is -1.10. The molecule has 0 aliphatic carbocycles. The van der Waals surface area contributed by atoms with Crippen LogP contribution in [0.2, 0.25) is 0 Å². The normalized spacial score (nSPS) is 10.1. The molecule has 0 atom stereocenters. The topological polar surface area (TPSA) is 135 Å². The molecular formula is C13H10N3O5-. The molecule has 8 heteroatoms. The standard InChI is InChI=1S/C13H11N3O5/c1-6(17)14-8-4-2-3-7(5-8)11-15-9(13(20)21)10(18)12(19)16-11/h2-5,18H,1H3,(H,14,17)(H,20,21)(H,15,16,19)/p-1. The van der Waals surface area contributed by atoms with Crippen molar-refractivity contribution in [2.75, 3.05) is 5.32 Å². The number of H-pyrrole nitrogens is 1. The molecule has 0 fully saturated rings. The summed E-state index contributed by atoms with van der Waals surface area (Å²) in [5.74, 6) is -3.13. The fraction of sp³-hybridized carbons (Fsp3) is 0.0769. The summed E-state index contributed by atoms with van der Waals surface area (Å²) in [5, 5.41) is 22.8. The third-order valence-electron chi connectivity index (χ3n) is 2.54. The van der Waals surface area contributed by atoms with E-state index in [1.807, 2.05) is 0 Å². The maximum absolute atomic E-state index is 11.5. The van der Waals surface area contributed by atoms with Crippen molar-refractivity contribution in [1.82, 2.24) is 9.97 Å². The number of benzene rings is 1. The first-order chi connectivity index (χ1) is 9.88. The average molecular weight is 288 g/mol. The first kappa shape index (κ1) is 14.3. The summed E-state index contributed by atoms with van der Waals surface area (Å²) in [6, 6.07) is 6.25. The van der Waals surface area contributed by atoms with Crippen LogP contribution >= 0.6 is 0 Å². The number of aromatic amines is 1. The van der Waals surface area contributed by atoms with Gasteiger partial charge in [-0.25, -0.2) is 9.78 Å². The number of aromatic carboxylic acids is 1. The molecule has 1 aromatic carbocycles. The summed E-state index contributed by atoms with van der Waals surface area (Å²) in [7, 11) is 0. The molecule has 1 aromatic heterocycles. The summed E-state index contributed by atoms with van der Waals surface area (Å²) in [6.07, 6.45) is 0.